The molecule has 6 nitrogen and oxygen atoms in total. The molecule has 0 aromatic rings. The van der Waals surface area contributed by atoms with Gasteiger partial charge in [0.2, 0.25) is 0 Å². The third-order valence-electron chi connectivity index (χ3n) is 3.91. The number of carbonyl (C=O) groups excluding carboxylic acids is 1. The summed E-state index contributed by atoms with van der Waals surface area (Å²) in [5, 5.41) is 11.8. The molecule has 1 fully saturated rings. The molecular weight excluding hydrogens is 258 g/mol. The molecule has 2 amide bonds. The van der Waals surface area contributed by atoms with E-state index in [1.54, 1.807) is 11.9 Å². The summed E-state index contributed by atoms with van der Waals surface area (Å²) in [4.78, 5) is 27.2. The van der Waals surface area contributed by atoms with Crippen LogP contribution in [0, 0.1) is 0 Å². The van der Waals surface area contributed by atoms with Crippen molar-refractivity contribution in [3.05, 3.63) is 0 Å². The van der Waals surface area contributed by atoms with Gasteiger partial charge in [-0.15, -0.1) is 0 Å². The van der Waals surface area contributed by atoms with E-state index >= 15 is 0 Å². The number of nitrogens with one attached hydrogen (secondary N) is 1. The predicted molar refractivity (Wildman–Crippen MR) is 77.8 cm³/mol. The lowest BCUT2D eigenvalue weighted by Gasteiger charge is -2.36. The van der Waals surface area contributed by atoms with Crippen LogP contribution in [0.3, 0.4) is 0 Å². The number of likely N-dealkylation sites (N-methyl/N-ethyl adjacent to an activating group) is 2. The molecule has 0 saturated carbocycles. The Bertz CT molecular complexity index is 336. The first-order chi connectivity index (χ1) is 9.45. The molecule has 2 atom stereocenters. The largest absolute Gasteiger partial charge is 0.480 e. The standard InChI is InChI=1S/C14H27N3O3/c1-4-5-8-12(13(18)19)15-14(20)17(3)11-7-6-9-16(2)10-11/h11-12H,4-10H2,1-3H3,(H,15,20)(H,18,19). The fraction of sp³-hybridized carbons (Fsp3) is 0.857. The van der Waals surface area contributed by atoms with Crippen LogP contribution in [0.2, 0.25) is 0 Å². The van der Waals surface area contributed by atoms with Crippen LogP contribution < -0.4 is 5.32 Å². The highest BCUT2D eigenvalue weighted by molar-refractivity contribution is 5.82. The number of carbonyl (C=O) groups is 2. The Kier molecular flexibility index (Phi) is 6.78. The molecule has 0 aromatic heterocycles. The molecule has 2 unspecified atom stereocenters. The zero-order chi connectivity index (χ0) is 15.1. The summed E-state index contributed by atoms with van der Waals surface area (Å²) in [5.41, 5.74) is 0. The second-order valence-electron chi connectivity index (χ2n) is 5.65. The second-order valence-corrected chi connectivity index (χ2v) is 5.65. The van der Waals surface area contributed by atoms with E-state index in [4.69, 9.17) is 5.11 Å². The molecule has 0 aliphatic carbocycles. The first-order valence-corrected chi connectivity index (χ1v) is 7.40. The van der Waals surface area contributed by atoms with Gasteiger partial charge in [0.05, 0.1) is 0 Å². The number of piperidine rings is 1. The van der Waals surface area contributed by atoms with Gasteiger partial charge >= 0.3 is 12.0 Å². The van der Waals surface area contributed by atoms with Crippen LogP contribution in [0.15, 0.2) is 0 Å². The van der Waals surface area contributed by atoms with Crippen molar-refractivity contribution in [1.82, 2.24) is 15.1 Å². The third kappa shape index (κ3) is 5.00. The van der Waals surface area contributed by atoms with Crippen molar-refractivity contribution in [3.8, 4) is 0 Å². The second kappa shape index (κ2) is 8.09. The number of carboxylic acids is 1. The molecule has 0 aromatic carbocycles. The summed E-state index contributed by atoms with van der Waals surface area (Å²) >= 11 is 0. The van der Waals surface area contributed by atoms with Crippen LogP contribution in [0.5, 0.6) is 0 Å². The number of nitrogens with zero attached hydrogens (tertiary/aromatic N) is 2. The predicted octanol–water partition coefficient (Wildman–Crippen LogP) is 1.37. The number of carboxylic acid groups (broad SMARTS) is 1. The third-order valence-corrected chi connectivity index (χ3v) is 3.91. The van der Waals surface area contributed by atoms with E-state index in [0.29, 0.717) is 6.42 Å². The topological polar surface area (TPSA) is 72.9 Å². The summed E-state index contributed by atoms with van der Waals surface area (Å²) < 4.78 is 0. The fourth-order valence-electron chi connectivity index (χ4n) is 2.54. The summed E-state index contributed by atoms with van der Waals surface area (Å²) in [6, 6.07) is -0.908. The maximum Gasteiger partial charge on any atom is 0.326 e. The molecule has 20 heavy (non-hydrogen) atoms. The summed E-state index contributed by atoms with van der Waals surface area (Å²) in [6.07, 6.45) is 4.24. The van der Waals surface area contributed by atoms with Gasteiger partial charge in [0, 0.05) is 19.6 Å². The Hall–Kier alpha value is -1.30. The van der Waals surface area contributed by atoms with Crippen molar-refractivity contribution in [2.45, 2.75) is 51.1 Å². The molecule has 1 saturated heterocycles. The van der Waals surface area contributed by atoms with Gasteiger partial charge in [0.15, 0.2) is 0 Å². The average Bonchev–Trinajstić information content (AvgIpc) is 2.42. The zero-order valence-corrected chi connectivity index (χ0v) is 12.8. The minimum absolute atomic E-state index is 0.161. The van der Waals surface area contributed by atoms with Gasteiger partial charge in [-0.25, -0.2) is 9.59 Å². The van der Waals surface area contributed by atoms with Crippen LogP contribution in [0.4, 0.5) is 4.79 Å². The monoisotopic (exact) mass is 285 g/mol. The van der Waals surface area contributed by atoms with Crippen molar-refractivity contribution in [3.63, 3.8) is 0 Å². The van der Waals surface area contributed by atoms with Crippen molar-refractivity contribution < 1.29 is 14.7 Å². The normalized spacial score (nSPS) is 21.2. The van der Waals surface area contributed by atoms with Gasteiger partial charge in [0.25, 0.3) is 0 Å². The van der Waals surface area contributed by atoms with Crippen LogP contribution >= 0.6 is 0 Å². The molecule has 0 spiro atoms. The number of hydrogen-bond donors (Lipinski definition) is 2. The molecule has 0 radical (unpaired) electrons. The van der Waals surface area contributed by atoms with Crippen molar-refractivity contribution in [1.29, 1.82) is 0 Å². The summed E-state index contributed by atoms with van der Waals surface area (Å²) in [6.45, 7) is 3.90. The number of aliphatic carboxylic acids is 1. The lowest BCUT2D eigenvalue weighted by Crippen LogP contribution is -2.53. The molecule has 0 bridgehead atoms. The van der Waals surface area contributed by atoms with Gasteiger partial charge in [0.1, 0.15) is 6.04 Å². The Morgan fingerprint density at radius 2 is 2.20 bits per heavy atom. The molecular formula is C14H27N3O3. The quantitative estimate of drug-likeness (QED) is 0.773. The molecule has 1 heterocycles. The smallest absolute Gasteiger partial charge is 0.326 e. The highest BCUT2D eigenvalue weighted by Gasteiger charge is 2.27. The van der Waals surface area contributed by atoms with E-state index in [2.05, 4.69) is 10.2 Å². The zero-order valence-electron chi connectivity index (χ0n) is 12.8. The number of unbranched alkanes of at least 4 members (excludes halogenated alkanes) is 1. The Balaban J connectivity index is 2.52. The lowest BCUT2D eigenvalue weighted by atomic mass is 10.1. The molecule has 1 aliphatic heterocycles. The van der Waals surface area contributed by atoms with Gasteiger partial charge in [-0.2, -0.15) is 0 Å². The summed E-state index contributed by atoms with van der Waals surface area (Å²) in [7, 11) is 3.79. The SMILES string of the molecule is CCCCC(NC(=O)N(C)C1CCCN(C)C1)C(=O)O. The maximum absolute atomic E-state index is 12.2. The average molecular weight is 285 g/mol. The van der Waals surface area contributed by atoms with Crippen LogP contribution in [0.25, 0.3) is 0 Å². The lowest BCUT2D eigenvalue weighted by molar-refractivity contribution is -0.139. The highest BCUT2D eigenvalue weighted by atomic mass is 16.4. The first kappa shape index (κ1) is 16.8. The van der Waals surface area contributed by atoms with E-state index in [0.717, 1.165) is 38.8 Å². The van der Waals surface area contributed by atoms with Crippen molar-refractivity contribution >= 4 is 12.0 Å². The van der Waals surface area contributed by atoms with E-state index in [-0.39, 0.29) is 12.1 Å². The Labute approximate surface area is 121 Å². The van der Waals surface area contributed by atoms with E-state index in [1.807, 2.05) is 14.0 Å². The Morgan fingerprint density at radius 3 is 2.75 bits per heavy atom. The van der Waals surface area contributed by atoms with Crippen LogP contribution in [-0.4, -0.2) is 66.2 Å². The molecule has 1 rings (SSSR count). The van der Waals surface area contributed by atoms with Gasteiger partial charge < -0.3 is 20.2 Å². The molecule has 1 aliphatic rings. The van der Waals surface area contributed by atoms with Crippen molar-refractivity contribution in [2.24, 2.45) is 0 Å². The molecule has 116 valence electrons. The summed E-state index contributed by atoms with van der Waals surface area (Å²) in [5.74, 6) is -0.957. The van der Waals surface area contributed by atoms with Gasteiger partial charge in [-0.3, -0.25) is 0 Å². The minimum Gasteiger partial charge on any atom is -0.480 e. The van der Waals surface area contributed by atoms with E-state index < -0.39 is 12.0 Å². The minimum atomic E-state index is -0.957. The number of amides is 2. The fourth-order valence-corrected chi connectivity index (χ4v) is 2.54. The number of urea groups is 1. The van der Waals surface area contributed by atoms with Crippen LogP contribution in [-0.2, 0) is 4.79 Å². The number of rotatable bonds is 6. The molecule has 6 heteroatoms. The first-order valence-electron chi connectivity index (χ1n) is 7.40. The maximum atomic E-state index is 12.2. The van der Waals surface area contributed by atoms with Gasteiger partial charge in [-0.05, 0) is 32.9 Å². The van der Waals surface area contributed by atoms with Crippen LogP contribution in [0.1, 0.15) is 39.0 Å². The number of hydrogen-bond acceptors (Lipinski definition) is 3. The van der Waals surface area contributed by atoms with Crippen molar-refractivity contribution in [2.75, 3.05) is 27.2 Å². The molecule has 2 N–H and O–H groups in total. The highest BCUT2D eigenvalue weighted by Crippen LogP contribution is 2.13. The number of likely N-dealkylation sites (tertiary alicyclic amines) is 1. The van der Waals surface area contributed by atoms with Gasteiger partial charge in [-0.1, -0.05) is 19.8 Å². The van der Waals surface area contributed by atoms with E-state index in [1.165, 1.54) is 0 Å². The Morgan fingerprint density at radius 1 is 1.50 bits per heavy atom. The van der Waals surface area contributed by atoms with E-state index in [9.17, 15) is 9.59 Å².